The van der Waals surface area contributed by atoms with Crippen molar-refractivity contribution < 1.29 is 13.2 Å². The van der Waals surface area contributed by atoms with Crippen molar-refractivity contribution in [3.8, 4) is 5.75 Å². The second-order valence-electron chi connectivity index (χ2n) is 6.69. The molecule has 0 amide bonds. The third kappa shape index (κ3) is 4.40. The standard InChI is InChI=1S/C19H26N4O3S/c1-15(17-6-4-5-7-18(17)26-3)21-19-9-8-16(14-20-19)27(24,25)23-12-10-22(2)11-13-23/h4-9,14-15H,10-13H2,1-3H3,(H,20,21). The fourth-order valence-electron chi connectivity index (χ4n) is 3.12. The number of pyridine rings is 1. The van der Waals surface area contributed by atoms with Crippen LogP contribution in [0.15, 0.2) is 47.5 Å². The number of nitrogens with one attached hydrogen (secondary N) is 1. The zero-order valence-corrected chi connectivity index (χ0v) is 16.7. The minimum absolute atomic E-state index is 0.0336. The lowest BCUT2D eigenvalue weighted by molar-refractivity contribution is 0.222. The molecule has 1 N–H and O–H groups in total. The number of hydrogen-bond acceptors (Lipinski definition) is 6. The van der Waals surface area contributed by atoms with Crippen LogP contribution in [0.4, 0.5) is 5.82 Å². The highest BCUT2D eigenvalue weighted by Crippen LogP contribution is 2.27. The van der Waals surface area contributed by atoms with Crippen molar-refractivity contribution in [2.75, 3.05) is 45.7 Å². The summed E-state index contributed by atoms with van der Waals surface area (Å²) in [5.41, 5.74) is 1.01. The molecule has 1 aromatic heterocycles. The Labute approximate surface area is 161 Å². The number of nitrogens with zero attached hydrogens (tertiary/aromatic N) is 3. The summed E-state index contributed by atoms with van der Waals surface area (Å²) in [6, 6.07) is 11.1. The van der Waals surface area contributed by atoms with Gasteiger partial charge in [-0.05, 0) is 32.2 Å². The molecule has 1 fully saturated rings. The van der Waals surface area contributed by atoms with E-state index >= 15 is 0 Å². The number of para-hydroxylation sites is 1. The van der Waals surface area contributed by atoms with Crippen LogP contribution in [0.2, 0.25) is 0 Å². The highest BCUT2D eigenvalue weighted by molar-refractivity contribution is 7.89. The summed E-state index contributed by atoms with van der Waals surface area (Å²) in [7, 11) is 0.138. The number of likely N-dealkylation sites (N-methyl/N-ethyl adjacent to an activating group) is 1. The molecule has 1 aromatic carbocycles. The van der Waals surface area contributed by atoms with E-state index in [2.05, 4.69) is 15.2 Å². The van der Waals surface area contributed by atoms with Crippen LogP contribution in [0.3, 0.4) is 0 Å². The summed E-state index contributed by atoms with van der Waals surface area (Å²) >= 11 is 0. The topological polar surface area (TPSA) is 74.8 Å². The molecule has 1 saturated heterocycles. The Morgan fingerprint density at radius 1 is 1.11 bits per heavy atom. The smallest absolute Gasteiger partial charge is 0.244 e. The van der Waals surface area contributed by atoms with Gasteiger partial charge < -0.3 is 15.0 Å². The van der Waals surface area contributed by atoms with Crippen molar-refractivity contribution in [1.29, 1.82) is 0 Å². The maximum absolute atomic E-state index is 12.8. The van der Waals surface area contributed by atoms with E-state index in [0.717, 1.165) is 24.4 Å². The molecule has 8 heteroatoms. The molecule has 1 atom stereocenters. The summed E-state index contributed by atoms with van der Waals surface area (Å²) in [5.74, 6) is 1.41. The maximum atomic E-state index is 12.8. The Morgan fingerprint density at radius 3 is 2.44 bits per heavy atom. The minimum atomic E-state index is -3.50. The average Bonchev–Trinajstić information content (AvgIpc) is 2.68. The van der Waals surface area contributed by atoms with Gasteiger partial charge in [0.05, 0.1) is 13.2 Å². The fourth-order valence-corrected chi connectivity index (χ4v) is 4.49. The van der Waals surface area contributed by atoms with E-state index in [-0.39, 0.29) is 10.9 Å². The zero-order valence-electron chi connectivity index (χ0n) is 15.9. The molecule has 0 saturated carbocycles. The molecular formula is C19H26N4O3S. The van der Waals surface area contributed by atoms with Gasteiger partial charge in [-0.3, -0.25) is 0 Å². The van der Waals surface area contributed by atoms with Crippen LogP contribution in [0.25, 0.3) is 0 Å². The van der Waals surface area contributed by atoms with E-state index in [4.69, 9.17) is 4.74 Å². The fraction of sp³-hybridized carbons (Fsp3) is 0.421. The van der Waals surface area contributed by atoms with Gasteiger partial charge in [0, 0.05) is 37.9 Å². The molecular weight excluding hydrogens is 364 g/mol. The van der Waals surface area contributed by atoms with E-state index in [1.165, 1.54) is 10.5 Å². The molecule has 1 aliphatic heterocycles. The number of anilines is 1. The molecule has 146 valence electrons. The van der Waals surface area contributed by atoms with Crippen molar-refractivity contribution in [2.24, 2.45) is 0 Å². The van der Waals surface area contributed by atoms with Gasteiger partial charge in [0.2, 0.25) is 10.0 Å². The molecule has 0 spiro atoms. The first-order valence-electron chi connectivity index (χ1n) is 8.96. The number of benzene rings is 1. The molecule has 1 unspecified atom stereocenters. The highest BCUT2D eigenvalue weighted by Gasteiger charge is 2.27. The molecule has 0 radical (unpaired) electrons. The number of ether oxygens (including phenoxy) is 1. The lowest BCUT2D eigenvalue weighted by atomic mass is 10.1. The van der Waals surface area contributed by atoms with Gasteiger partial charge in [-0.15, -0.1) is 0 Å². The van der Waals surface area contributed by atoms with Gasteiger partial charge in [-0.25, -0.2) is 13.4 Å². The molecule has 27 heavy (non-hydrogen) atoms. The van der Waals surface area contributed by atoms with Crippen LogP contribution in [0, 0.1) is 0 Å². The second kappa shape index (κ2) is 8.24. The second-order valence-corrected chi connectivity index (χ2v) is 8.63. The number of piperazine rings is 1. The van der Waals surface area contributed by atoms with E-state index < -0.39 is 10.0 Å². The lowest BCUT2D eigenvalue weighted by Gasteiger charge is -2.31. The Morgan fingerprint density at radius 2 is 1.81 bits per heavy atom. The van der Waals surface area contributed by atoms with E-state index in [0.29, 0.717) is 18.9 Å². The molecule has 7 nitrogen and oxygen atoms in total. The Balaban J connectivity index is 1.71. The van der Waals surface area contributed by atoms with Crippen LogP contribution < -0.4 is 10.1 Å². The largest absolute Gasteiger partial charge is 0.496 e. The number of aromatic nitrogens is 1. The number of methoxy groups -OCH3 is 1. The molecule has 2 aromatic rings. The van der Waals surface area contributed by atoms with E-state index in [1.807, 2.05) is 38.2 Å². The van der Waals surface area contributed by atoms with E-state index in [9.17, 15) is 8.42 Å². The van der Waals surface area contributed by atoms with E-state index in [1.54, 1.807) is 19.2 Å². The summed E-state index contributed by atoms with van der Waals surface area (Å²) in [6.45, 7) is 4.49. The molecule has 1 aliphatic rings. The van der Waals surface area contributed by atoms with Crippen LogP contribution >= 0.6 is 0 Å². The quantitative estimate of drug-likeness (QED) is 0.815. The predicted molar refractivity (Wildman–Crippen MR) is 106 cm³/mol. The summed E-state index contributed by atoms with van der Waals surface area (Å²) in [4.78, 5) is 6.65. The summed E-state index contributed by atoms with van der Waals surface area (Å²) < 4.78 is 32.4. The van der Waals surface area contributed by atoms with Crippen molar-refractivity contribution in [3.05, 3.63) is 48.2 Å². The Hall–Kier alpha value is -2.16. The van der Waals surface area contributed by atoms with Crippen molar-refractivity contribution in [1.82, 2.24) is 14.2 Å². The normalized spacial score (nSPS) is 17.4. The molecule has 2 heterocycles. The third-order valence-electron chi connectivity index (χ3n) is 4.81. The number of sulfonamides is 1. The van der Waals surface area contributed by atoms with Crippen molar-refractivity contribution in [2.45, 2.75) is 17.9 Å². The first-order valence-corrected chi connectivity index (χ1v) is 10.4. The van der Waals surface area contributed by atoms with Gasteiger partial charge in [-0.1, -0.05) is 18.2 Å². The average molecular weight is 391 g/mol. The van der Waals surface area contributed by atoms with Crippen LogP contribution in [-0.4, -0.2) is 62.9 Å². The zero-order chi connectivity index (χ0) is 19.4. The molecule has 3 rings (SSSR count). The van der Waals surface area contributed by atoms with Gasteiger partial charge in [0.15, 0.2) is 0 Å². The minimum Gasteiger partial charge on any atom is -0.496 e. The third-order valence-corrected chi connectivity index (χ3v) is 6.69. The summed E-state index contributed by atoms with van der Waals surface area (Å²) in [6.07, 6.45) is 1.42. The van der Waals surface area contributed by atoms with Gasteiger partial charge in [0.1, 0.15) is 16.5 Å². The van der Waals surface area contributed by atoms with Gasteiger partial charge in [0.25, 0.3) is 0 Å². The highest BCUT2D eigenvalue weighted by atomic mass is 32.2. The SMILES string of the molecule is COc1ccccc1C(C)Nc1ccc(S(=O)(=O)N2CCN(C)CC2)cn1. The number of rotatable bonds is 6. The van der Waals surface area contributed by atoms with Crippen LogP contribution in [0.5, 0.6) is 5.75 Å². The number of hydrogen-bond donors (Lipinski definition) is 1. The first-order chi connectivity index (χ1) is 12.9. The Kier molecular flexibility index (Phi) is 5.98. The maximum Gasteiger partial charge on any atom is 0.244 e. The first kappa shape index (κ1) is 19.6. The monoisotopic (exact) mass is 390 g/mol. The molecule has 0 aliphatic carbocycles. The van der Waals surface area contributed by atoms with Crippen molar-refractivity contribution in [3.63, 3.8) is 0 Å². The van der Waals surface area contributed by atoms with Crippen LogP contribution in [-0.2, 0) is 10.0 Å². The molecule has 0 bridgehead atoms. The predicted octanol–water partition coefficient (Wildman–Crippen LogP) is 2.20. The summed E-state index contributed by atoms with van der Waals surface area (Å²) in [5, 5.41) is 3.29. The lowest BCUT2D eigenvalue weighted by Crippen LogP contribution is -2.47. The van der Waals surface area contributed by atoms with Gasteiger partial charge >= 0.3 is 0 Å². The Bertz CT molecular complexity index is 863. The van der Waals surface area contributed by atoms with Crippen molar-refractivity contribution >= 4 is 15.8 Å². The van der Waals surface area contributed by atoms with Gasteiger partial charge in [-0.2, -0.15) is 4.31 Å². The van der Waals surface area contributed by atoms with Crippen LogP contribution in [0.1, 0.15) is 18.5 Å².